The lowest BCUT2D eigenvalue weighted by Gasteiger charge is -2.13. The molecule has 28 heavy (non-hydrogen) atoms. The predicted molar refractivity (Wildman–Crippen MR) is 109 cm³/mol. The average molecular weight is 437 g/mol. The number of esters is 1. The van der Waals surface area contributed by atoms with Crippen molar-refractivity contribution in [2.24, 2.45) is 0 Å². The first kappa shape index (κ1) is 20.3. The van der Waals surface area contributed by atoms with E-state index in [1.807, 2.05) is 24.3 Å². The van der Waals surface area contributed by atoms with Gasteiger partial charge in [0.1, 0.15) is 5.03 Å². The van der Waals surface area contributed by atoms with Gasteiger partial charge < -0.3 is 10.1 Å². The normalized spacial score (nSPS) is 11.8. The smallest absolute Gasteiger partial charge is 0.317 e. The van der Waals surface area contributed by atoms with Crippen LogP contribution in [0, 0.1) is 0 Å². The Morgan fingerprint density at radius 2 is 1.93 bits per heavy atom. The summed E-state index contributed by atoms with van der Waals surface area (Å²) in [6.45, 7) is 1.46. The number of nitrogens with zero attached hydrogens (tertiary/aromatic N) is 3. The van der Waals surface area contributed by atoms with Gasteiger partial charge in [-0.25, -0.2) is 9.97 Å². The van der Waals surface area contributed by atoms with Gasteiger partial charge in [0, 0.05) is 6.20 Å². The largest absolute Gasteiger partial charge is 0.452 e. The Morgan fingerprint density at radius 3 is 2.68 bits per heavy atom. The Hall–Kier alpha value is -2.42. The highest BCUT2D eigenvalue weighted by molar-refractivity contribution is 7.99. The Bertz CT molecular complexity index is 1030. The molecule has 7 nitrogen and oxygen atoms in total. The molecule has 0 saturated heterocycles. The quantitative estimate of drug-likeness (QED) is 0.460. The Labute approximate surface area is 174 Å². The molecule has 1 amide bonds. The number of thioether (sulfide) groups is 1. The van der Waals surface area contributed by atoms with E-state index in [1.54, 1.807) is 6.20 Å². The average Bonchev–Trinajstić information content (AvgIpc) is 2.68. The summed E-state index contributed by atoms with van der Waals surface area (Å²) in [5.74, 6) is -0.983. The van der Waals surface area contributed by atoms with Crippen LogP contribution in [0.5, 0.6) is 0 Å². The van der Waals surface area contributed by atoms with E-state index in [1.165, 1.54) is 30.9 Å². The standard InChI is InChI=1S/C18H14Cl2N4O3S/c1-10(18(26)24-17-12(20)6-11(19)7-22-17)27-16(25)9-28-15-8-21-13-4-2-3-5-14(13)23-15/h2-8,10H,9H2,1H3,(H,22,24,26). The van der Waals surface area contributed by atoms with Gasteiger partial charge in [0.2, 0.25) is 0 Å². The van der Waals surface area contributed by atoms with Gasteiger partial charge in [0.15, 0.2) is 11.9 Å². The Morgan fingerprint density at radius 1 is 1.18 bits per heavy atom. The number of hydrogen-bond donors (Lipinski definition) is 1. The highest BCUT2D eigenvalue weighted by Crippen LogP contribution is 2.23. The number of ether oxygens (including phenoxy) is 1. The Kier molecular flexibility index (Phi) is 6.66. The van der Waals surface area contributed by atoms with Crippen molar-refractivity contribution in [3.8, 4) is 0 Å². The molecule has 2 aromatic heterocycles. The maximum absolute atomic E-state index is 12.2. The molecule has 2 heterocycles. The predicted octanol–water partition coefficient (Wildman–Crippen LogP) is 3.99. The molecule has 1 aromatic carbocycles. The van der Waals surface area contributed by atoms with Crippen molar-refractivity contribution < 1.29 is 14.3 Å². The number of rotatable bonds is 6. The van der Waals surface area contributed by atoms with Crippen LogP contribution < -0.4 is 5.32 Å². The third-order valence-corrected chi connectivity index (χ3v) is 4.86. The number of nitrogens with one attached hydrogen (secondary N) is 1. The summed E-state index contributed by atoms with van der Waals surface area (Å²) in [6.07, 6.45) is 1.91. The van der Waals surface area contributed by atoms with Crippen molar-refractivity contribution in [2.75, 3.05) is 11.1 Å². The van der Waals surface area contributed by atoms with Gasteiger partial charge >= 0.3 is 5.97 Å². The lowest BCUT2D eigenvalue weighted by atomic mass is 10.3. The van der Waals surface area contributed by atoms with E-state index in [0.717, 1.165) is 11.0 Å². The van der Waals surface area contributed by atoms with Crippen LogP contribution in [0.4, 0.5) is 5.82 Å². The number of carbonyl (C=O) groups is 2. The second kappa shape index (κ2) is 9.18. The molecular formula is C18H14Cl2N4O3S. The molecule has 0 bridgehead atoms. The van der Waals surface area contributed by atoms with Crippen LogP contribution in [-0.2, 0) is 14.3 Å². The number of fused-ring (bicyclic) bond motifs is 1. The van der Waals surface area contributed by atoms with Gasteiger partial charge in [-0.15, -0.1) is 0 Å². The highest BCUT2D eigenvalue weighted by Gasteiger charge is 2.19. The van der Waals surface area contributed by atoms with Gasteiger partial charge in [-0.3, -0.25) is 14.6 Å². The van der Waals surface area contributed by atoms with E-state index >= 15 is 0 Å². The molecule has 0 saturated carbocycles. The van der Waals surface area contributed by atoms with E-state index in [2.05, 4.69) is 20.3 Å². The summed E-state index contributed by atoms with van der Waals surface area (Å²) in [6, 6.07) is 8.88. The first-order valence-electron chi connectivity index (χ1n) is 8.08. The van der Waals surface area contributed by atoms with Gasteiger partial charge in [0.25, 0.3) is 5.91 Å². The van der Waals surface area contributed by atoms with Crippen LogP contribution in [-0.4, -0.2) is 38.7 Å². The number of carbonyl (C=O) groups excluding carboxylic acids is 2. The van der Waals surface area contributed by atoms with Crippen LogP contribution in [0.25, 0.3) is 11.0 Å². The minimum Gasteiger partial charge on any atom is -0.452 e. The van der Waals surface area contributed by atoms with Crippen molar-refractivity contribution in [1.82, 2.24) is 15.0 Å². The van der Waals surface area contributed by atoms with E-state index in [9.17, 15) is 9.59 Å². The Balaban J connectivity index is 1.52. The number of anilines is 1. The highest BCUT2D eigenvalue weighted by atomic mass is 35.5. The molecule has 3 rings (SSSR count). The minimum atomic E-state index is -1.02. The summed E-state index contributed by atoms with van der Waals surface area (Å²) in [4.78, 5) is 36.8. The molecule has 0 aliphatic rings. The molecule has 144 valence electrons. The van der Waals surface area contributed by atoms with Gasteiger partial charge in [0.05, 0.1) is 33.0 Å². The third kappa shape index (κ3) is 5.31. The summed E-state index contributed by atoms with van der Waals surface area (Å²) < 4.78 is 5.14. The van der Waals surface area contributed by atoms with Gasteiger partial charge in [-0.05, 0) is 25.1 Å². The van der Waals surface area contributed by atoms with Crippen molar-refractivity contribution in [2.45, 2.75) is 18.1 Å². The maximum Gasteiger partial charge on any atom is 0.317 e. The molecule has 3 aromatic rings. The lowest BCUT2D eigenvalue weighted by molar-refractivity contribution is -0.150. The van der Waals surface area contributed by atoms with Crippen molar-refractivity contribution in [1.29, 1.82) is 0 Å². The van der Waals surface area contributed by atoms with Crippen LogP contribution >= 0.6 is 35.0 Å². The summed E-state index contributed by atoms with van der Waals surface area (Å²) in [7, 11) is 0. The van der Waals surface area contributed by atoms with Crippen LogP contribution in [0.2, 0.25) is 10.0 Å². The fraction of sp³-hybridized carbons (Fsp3) is 0.167. The van der Waals surface area contributed by atoms with E-state index in [-0.39, 0.29) is 16.6 Å². The minimum absolute atomic E-state index is 0.00933. The van der Waals surface area contributed by atoms with Crippen LogP contribution in [0.1, 0.15) is 6.92 Å². The lowest BCUT2D eigenvalue weighted by Crippen LogP contribution is -2.31. The molecule has 0 aliphatic carbocycles. The van der Waals surface area contributed by atoms with Crippen LogP contribution in [0.3, 0.4) is 0 Å². The molecule has 10 heteroatoms. The molecule has 1 atom stereocenters. The van der Waals surface area contributed by atoms with Crippen molar-refractivity contribution in [3.05, 3.63) is 52.8 Å². The molecule has 0 radical (unpaired) electrons. The summed E-state index contributed by atoms with van der Waals surface area (Å²) in [5, 5.41) is 3.61. The zero-order valence-corrected chi connectivity index (χ0v) is 16.9. The fourth-order valence-corrected chi connectivity index (χ4v) is 3.20. The van der Waals surface area contributed by atoms with E-state index in [0.29, 0.717) is 10.0 Å². The van der Waals surface area contributed by atoms with Crippen LogP contribution in [0.15, 0.2) is 47.8 Å². The van der Waals surface area contributed by atoms with Gasteiger partial charge in [-0.1, -0.05) is 47.1 Å². The number of hydrogen-bond acceptors (Lipinski definition) is 7. The third-order valence-electron chi connectivity index (χ3n) is 3.49. The first-order valence-corrected chi connectivity index (χ1v) is 9.82. The van der Waals surface area contributed by atoms with Gasteiger partial charge in [-0.2, -0.15) is 0 Å². The topological polar surface area (TPSA) is 94.1 Å². The fourth-order valence-electron chi connectivity index (χ4n) is 2.15. The molecular weight excluding hydrogens is 423 g/mol. The zero-order chi connectivity index (χ0) is 20.1. The number of halogens is 2. The second-order valence-corrected chi connectivity index (χ2v) is 7.43. The molecule has 0 aliphatic heterocycles. The second-order valence-electron chi connectivity index (χ2n) is 5.59. The zero-order valence-electron chi connectivity index (χ0n) is 14.6. The molecule has 0 fully saturated rings. The number of para-hydroxylation sites is 2. The number of amides is 1. The van der Waals surface area contributed by atoms with E-state index < -0.39 is 18.0 Å². The molecule has 1 N–H and O–H groups in total. The SMILES string of the molecule is CC(OC(=O)CSc1cnc2ccccc2n1)C(=O)Nc1ncc(Cl)cc1Cl. The van der Waals surface area contributed by atoms with Crippen molar-refractivity contribution >= 4 is 63.7 Å². The monoisotopic (exact) mass is 436 g/mol. The number of benzene rings is 1. The summed E-state index contributed by atoms with van der Waals surface area (Å²) >= 11 is 12.9. The number of pyridine rings is 1. The van der Waals surface area contributed by atoms with Crippen molar-refractivity contribution in [3.63, 3.8) is 0 Å². The molecule has 0 spiro atoms. The number of aromatic nitrogens is 3. The summed E-state index contributed by atoms with van der Waals surface area (Å²) in [5.41, 5.74) is 1.51. The maximum atomic E-state index is 12.2. The first-order chi connectivity index (χ1) is 13.4. The molecule has 1 unspecified atom stereocenters. The van der Waals surface area contributed by atoms with E-state index in [4.69, 9.17) is 27.9 Å².